The maximum Gasteiger partial charge on any atom is 0.0834 e. The SMILES string of the molecule is CC(C)[C@](C)(O)C=C[C@](C)(O)[C@H]1CC[C@H]2C3=CC=C4C[C@@H](O)CC[C@]4(C)[C@H]3CC[C@@]21C. The van der Waals surface area contributed by atoms with Gasteiger partial charge in [-0.2, -0.15) is 0 Å². The van der Waals surface area contributed by atoms with E-state index in [2.05, 4.69) is 26.0 Å². The second-order valence-corrected chi connectivity index (χ2v) is 12.4. The third kappa shape index (κ3) is 3.69. The minimum absolute atomic E-state index is 0.0791. The van der Waals surface area contributed by atoms with Crippen molar-refractivity contribution in [3.05, 3.63) is 35.5 Å². The summed E-state index contributed by atoms with van der Waals surface area (Å²) in [5.41, 5.74) is 1.49. The summed E-state index contributed by atoms with van der Waals surface area (Å²) in [5.74, 6) is 1.39. The summed E-state index contributed by atoms with van der Waals surface area (Å²) >= 11 is 0. The molecule has 8 atom stereocenters. The zero-order chi connectivity index (χ0) is 22.8. The minimum atomic E-state index is -0.926. The van der Waals surface area contributed by atoms with E-state index in [1.54, 1.807) is 5.57 Å². The van der Waals surface area contributed by atoms with Crippen molar-refractivity contribution >= 4 is 0 Å². The standard InChI is InChI=1S/C28H44O3/c1-18(2)27(5,30)15-16-28(6,31)24-10-9-22-21-8-7-19-17-20(29)11-13-25(19,3)23(21)12-14-26(22,24)4/h7-8,15-16,18,20,22-24,29-31H,9-14,17H2,1-6H3/t20-,22-,23-,24-,25-,26-,27+,28-/m0/s1. The number of hydrogen-bond donors (Lipinski definition) is 3. The molecule has 4 rings (SSSR count). The van der Waals surface area contributed by atoms with Crippen molar-refractivity contribution in [1.29, 1.82) is 0 Å². The number of rotatable bonds is 4. The molecule has 4 aliphatic rings. The first-order valence-corrected chi connectivity index (χ1v) is 12.6. The molecule has 0 amide bonds. The third-order valence-corrected chi connectivity index (χ3v) is 10.2. The topological polar surface area (TPSA) is 60.7 Å². The highest BCUT2D eigenvalue weighted by Crippen LogP contribution is 2.66. The van der Waals surface area contributed by atoms with Crippen LogP contribution in [0, 0.1) is 34.5 Å². The summed E-state index contributed by atoms with van der Waals surface area (Å²) in [5, 5.41) is 32.4. The van der Waals surface area contributed by atoms with Crippen molar-refractivity contribution in [1.82, 2.24) is 0 Å². The number of allylic oxidation sites excluding steroid dienone is 3. The Labute approximate surface area is 189 Å². The van der Waals surface area contributed by atoms with Gasteiger partial charge in [0.2, 0.25) is 0 Å². The number of hydrogen-bond acceptors (Lipinski definition) is 3. The molecule has 31 heavy (non-hydrogen) atoms. The average molecular weight is 429 g/mol. The van der Waals surface area contributed by atoms with E-state index in [0.717, 1.165) is 38.5 Å². The summed E-state index contributed by atoms with van der Waals surface area (Å²) in [6.45, 7) is 12.6. The van der Waals surface area contributed by atoms with Crippen LogP contribution in [0.15, 0.2) is 35.5 Å². The van der Waals surface area contributed by atoms with Gasteiger partial charge in [-0.1, -0.05) is 63.1 Å². The summed E-state index contributed by atoms with van der Waals surface area (Å²) in [6, 6.07) is 0. The molecule has 0 bridgehead atoms. The molecule has 0 unspecified atom stereocenters. The van der Waals surface area contributed by atoms with Crippen LogP contribution in [-0.2, 0) is 0 Å². The summed E-state index contributed by atoms with van der Waals surface area (Å²) in [6.07, 6.45) is 15.5. The summed E-state index contributed by atoms with van der Waals surface area (Å²) in [7, 11) is 0. The zero-order valence-electron chi connectivity index (χ0n) is 20.5. The largest absolute Gasteiger partial charge is 0.393 e. The smallest absolute Gasteiger partial charge is 0.0834 e. The molecule has 0 radical (unpaired) electrons. The van der Waals surface area contributed by atoms with Crippen molar-refractivity contribution < 1.29 is 15.3 Å². The maximum absolute atomic E-state index is 11.6. The van der Waals surface area contributed by atoms with Gasteiger partial charge in [-0.25, -0.2) is 0 Å². The highest BCUT2D eigenvalue weighted by atomic mass is 16.3. The van der Waals surface area contributed by atoms with Gasteiger partial charge in [0.15, 0.2) is 0 Å². The molecule has 3 nitrogen and oxygen atoms in total. The molecule has 3 saturated carbocycles. The van der Waals surface area contributed by atoms with Crippen LogP contribution in [0.3, 0.4) is 0 Å². The number of fused-ring (bicyclic) bond motifs is 5. The highest BCUT2D eigenvalue weighted by molar-refractivity contribution is 5.39. The molecule has 3 heteroatoms. The minimum Gasteiger partial charge on any atom is -0.393 e. The quantitative estimate of drug-likeness (QED) is 0.514. The predicted octanol–water partition coefficient (Wildman–Crippen LogP) is 5.56. The molecule has 0 spiro atoms. The van der Waals surface area contributed by atoms with E-state index < -0.39 is 11.2 Å². The van der Waals surface area contributed by atoms with Crippen LogP contribution in [0.25, 0.3) is 0 Å². The Kier molecular flexibility index (Phi) is 5.68. The molecule has 3 N–H and O–H groups in total. The predicted molar refractivity (Wildman–Crippen MR) is 126 cm³/mol. The molecule has 0 heterocycles. The van der Waals surface area contributed by atoms with Gasteiger partial charge in [0.1, 0.15) is 0 Å². The summed E-state index contributed by atoms with van der Waals surface area (Å²) in [4.78, 5) is 0. The van der Waals surface area contributed by atoms with E-state index in [4.69, 9.17) is 0 Å². The Hall–Kier alpha value is -0.900. The van der Waals surface area contributed by atoms with Crippen LogP contribution in [0.1, 0.15) is 86.5 Å². The Balaban J connectivity index is 1.62. The van der Waals surface area contributed by atoms with Crippen molar-refractivity contribution in [2.45, 2.75) is 104 Å². The first-order chi connectivity index (χ1) is 14.3. The Morgan fingerprint density at radius 1 is 0.968 bits per heavy atom. The van der Waals surface area contributed by atoms with Crippen LogP contribution in [-0.4, -0.2) is 32.6 Å². The highest BCUT2D eigenvalue weighted by Gasteiger charge is 2.59. The average Bonchev–Trinajstić information content (AvgIpc) is 3.05. The number of aliphatic hydroxyl groups is 3. The monoisotopic (exact) mass is 428 g/mol. The molecular weight excluding hydrogens is 384 g/mol. The fourth-order valence-electron chi connectivity index (χ4n) is 7.59. The molecule has 0 aromatic heterocycles. The first kappa shape index (κ1) is 23.3. The van der Waals surface area contributed by atoms with Gasteiger partial charge in [0.05, 0.1) is 17.3 Å². The maximum atomic E-state index is 11.6. The molecule has 174 valence electrons. The van der Waals surface area contributed by atoms with Gasteiger partial charge in [-0.15, -0.1) is 0 Å². The van der Waals surface area contributed by atoms with Gasteiger partial charge in [-0.05, 0) is 93.3 Å². The molecule has 3 fully saturated rings. The normalized spacial score (nSPS) is 44.1. The second kappa shape index (κ2) is 7.57. The Morgan fingerprint density at radius 3 is 2.35 bits per heavy atom. The van der Waals surface area contributed by atoms with Crippen LogP contribution in [0.2, 0.25) is 0 Å². The second-order valence-electron chi connectivity index (χ2n) is 12.4. The van der Waals surface area contributed by atoms with E-state index in [1.807, 2.05) is 39.8 Å². The molecule has 0 saturated heterocycles. The fourth-order valence-corrected chi connectivity index (χ4v) is 7.59. The van der Waals surface area contributed by atoms with Gasteiger partial charge >= 0.3 is 0 Å². The van der Waals surface area contributed by atoms with Crippen LogP contribution in [0.4, 0.5) is 0 Å². The Morgan fingerprint density at radius 2 is 1.68 bits per heavy atom. The lowest BCUT2D eigenvalue weighted by molar-refractivity contribution is -0.0377. The van der Waals surface area contributed by atoms with Gasteiger partial charge in [0, 0.05) is 0 Å². The third-order valence-electron chi connectivity index (χ3n) is 10.2. The van der Waals surface area contributed by atoms with Crippen molar-refractivity contribution in [2.75, 3.05) is 0 Å². The lowest BCUT2D eigenvalue weighted by Crippen LogP contribution is -2.49. The van der Waals surface area contributed by atoms with Crippen molar-refractivity contribution in [3.63, 3.8) is 0 Å². The van der Waals surface area contributed by atoms with Crippen molar-refractivity contribution in [3.8, 4) is 0 Å². The van der Waals surface area contributed by atoms with E-state index in [1.165, 1.54) is 12.0 Å². The molecule has 0 aromatic rings. The molecular formula is C28H44O3. The first-order valence-electron chi connectivity index (χ1n) is 12.6. The van der Waals surface area contributed by atoms with E-state index in [9.17, 15) is 15.3 Å². The fraction of sp³-hybridized carbons (Fsp3) is 0.786. The zero-order valence-corrected chi connectivity index (χ0v) is 20.5. The number of aliphatic hydroxyl groups excluding tert-OH is 1. The van der Waals surface area contributed by atoms with Crippen LogP contribution < -0.4 is 0 Å². The van der Waals surface area contributed by atoms with Gasteiger partial charge in [-0.3, -0.25) is 0 Å². The Bertz CT molecular complexity index is 801. The lowest BCUT2D eigenvalue weighted by atomic mass is 9.49. The van der Waals surface area contributed by atoms with Crippen LogP contribution >= 0.6 is 0 Å². The molecule has 0 aliphatic heterocycles. The van der Waals surface area contributed by atoms with Gasteiger partial charge < -0.3 is 15.3 Å². The van der Waals surface area contributed by atoms with Crippen molar-refractivity contribution in [2.24, 2.45) is 34.5 Å². The van der Waals surface area contributed by atoms with E-state index >= 15 is 0 Å². The summed E-state index contributed by atoms with van der Waals surface area (Å²) < 4.78 is 0. The van der Waals surface area contributed by atoms with Crippen LogP contribution in [0.5, 0.6) is 0 Å². The van der Waals surface area contributed by atoms with E-state index in [0.29, 0.717) is 11.8 Å². The molecule has 4 aliphatic carbocycles. The van der Waals surface area contributed by atoms with E-state index in [-0.39, 0.29) is 28.8 Å². The molecule has 0 aromatic carbocycles. The van der Waals surface area contributed by atoms with Gasteiger partial charge in [0.25, 0.3) is 0 Å². The lowest BCUT2D eigenvalue weighted by Gasteiger charge is -2.55.